The number of halogens is 2. The van der Waals surface area contributed by atoms with E-state index < -0.39 is 23.7 Å². The SMILES string of the molecule is CC(F)(F)CC[C@@H](COCCCO)NC(=O)OC(C)(C)C. The van der Waals surface area contributed by atoms with Crippen LogP contribution in [0.5, 0.6) is 0 Å². The number of amides is 1. The number of alkyl carbamates (subject to hydrolysis) is 1. The van der Waals surface area contributed by atoms with Crippen molar-refractivity contribution in [2.75, 3.05) is 19.8 Å². The number of rotatable bonds is 9. The number of nitrogens with one attached hydrogen (secondary N) is 1. The molecule has 21 heavy (non-hydrogen) atoms. The molecule has 0 radical (unpaired) electrons. The lowest BCUT2D eigenvalue weighted by molar-refractivity contribution is 0.00144. The maximum Gasteiger partial charge on any atom is 0.407 e. The Morgan fingerprint density at radius 2 is 1.90 bits per heavy atom. The van der Waals surface area contributed by atoms with Crippen LogP contribution in [0, 0.1) is 0 Å². The van der Waals surface area contributed by atoms with E-state index in [1.807, 2.05) is 0 Å². The van der Waals surface area contributed by atoms with Crippen molar-refractivity contribution in [3.8, 4) is 0 Å². The summed E-state index contributed by atoms with van der Waals surface area (Å²) in [5, 5.41) is 11.2. The maximum absolute atomic E-state index is 12.9. The van der Waals surface area contributed by atoms with Crippen LogP contribution in [0.2, 0.25) is 0 Å². The zero-order chi connectivity index (χ0) is 16.5. The van der Waals surface area contributed by atoms with Crippen molar-refractivity contribution < 1.29 is 28.2 Å². The molecule has 0 aromatic rings. The van der Waals surface area contributed by atoms with Crippen molar-refractivity contribution in [2.24, 2.45) is 0 Å². The highest BCUT2D eigenvalue weighted by molar-refractivity contribution is 5.68. The second kappa shape index (κ2) is 9.15. The highest BCUT2D eigenvalue weighted by atomic mass is 19.3. The summed E-state index contributed by atoms with van der Waals surface area (Å²) in [5.41, 5.74) is -0.652. The van der Waals surface area contributed by atoms with Crippen molar-refractivity contribution in [3.63, 3.8) is 0 Å². The van der Waals surface area contributed by atoms with E-state index in [1.165, 1.54) is 0 Å². The van der Waals surface area contributed by atoms with Gasteiger partial charge >= 0.3 is 6.09 Å². The minimum Gasteiger partial charge on any atom is -0.444 e. The van der Waals surface area contributed by atoms with Crippen molar-refractivity contribution in [2.45, 2.75) is 64.5 Å². The molecule has 1 atom stereocenters. The van der Waals surface area contributed by atoms with Gasteiger partial charge < -0.3 is 19.9 Å². The summed E-state index contributed by atoms with van der Waals surface area (Å²) < 4.78 is 36.2. The van der Waals surface area contributed by atoms with Crippen LogP contribution in [-0.2, 0) is 9.47 Å². The van der Waals surface area contributed by atoms with Gasteiger partial charge in [0.25, 0.3) is 0 Å². The van der Waals surface area contributed by atoms with Gasteiger partial charge in [0.15, 0.2) is 0 Å². The molecule has 0 bridgehead atoms. The Bertz CT molecular complexity index is 300. The van der Waals surface area contributed by atoms with Gasteiger partial charge in [0.2, 0.25) is 5.92 Å². The Morgan fingerprint density at radius 3 is 2.38 bits per heavy atom. The number of ether oxygens (including phenoxy) is 2. The standard InChI is InChI=1S/C14H27F2NO4/c1-13(2,3)21-12(19)17-11(6-7-14(4,15)16)10-20-9-5-8-18/h11,18H,5-10H2,1-4H3,(H,17,19)/t11-/m0/s1. The lowest BCUT2D eigenvalue weighted by atomic mass is 10.1. The van der Waals surface area contributed by atoms with Crippen LogP contribution in [0.4, 0.5) is 13.6 Å². The Labute approximate surface area is 125 Å². The zero-order valence-corrected chi connectivity index (χ0v) is 13.2. The number of alkyl halides is 2. The number of carbonyl (C=O) groups excluding carboxylic acids is 1. The van der Waals surface area contributed by atoms with Gasteiger partial charge in [0.05, 0.1) is 12.6 Å². The van der Waals surface area contributed by atoms with Crippen LogP contribution in [0.3, 0.4) is 0 Å². The molecule has 0 spiro atoms. The summed E-state index contributed by atoms with van der Waals surface area (Å²) in [6.07, 6.45) is -0.459. The van der Waals surface area contributed by atoms with Gasteiger partial charge in [-0.3, -0.25) is 0 Å². The van der Waals surface area contributed by atoms with Crippen molar-refractivity contribution in [1.29, 1.82) is 0 Å². The normalized spacial score (nSPS) is 13.9. The molecule has 0 rings (SSSR count). The minimum absolute atomic E-state index is 0.00279. The highest BCUT2D eigenvalue weighted by Gasteiger charge is 2.25. The molecule has 5 nitrogen and oxygen atoms in total. The van der Waals surface area contributed by atoms with Gasteiger partial charge in [0, 0.05) is 19.6 Å². The first-order valence-corrected chi connectivity index (χ1v) is 7.09. The van der Waals surface area contributed by atoms with Crippen LogP contribution in [0.1, 0.15) is 47.0 Å². The predicted molar refractivity (Wildman–Crippen MR) is 75.5 cm³/mol. The number of aliphatic hydroxyl groups is 1. The van der Waals surface area contributed by atoms with Crippen LogP contribution in [0.15, 0.2) is 0 Å². The van der Waals surface area contributed by atoms with Crippen molar-refractivity contribution in [1.82, 2.24) is 5.32 Å². The molecule has 0 aliphatic heterocycles. The van der Waals surface area contributed by atoms with Gasteiger partial charge in [-0.05, 0) is 40.5 Å². The minimum atomic E-state index is -2.79. The van der Waals surface area contributed by atoms with E-state index >= 15 is 0 Å². The number of hydrogen-bond acceptors (Lipinski definition) is 4. The molecule has 0 aromatic heterocycles. The summed E-state index contributed by atoms with van der Waals surface area (Å²) in [6.45, 7) is 6.42. The molecule has 0 saturated carbocycles. The molecule has 0 aromatic carbocycles. The first-order chi connectivity index (χ1) is 9.53. The lowest BCUT2D eigenvalue weighted by Gasteiger charge is -2.24. The van der Waals surface area contributed by atoms with E-state index in [2.05, 4.69) is 5.32 Å². The van der Waals surface area contributed by atoms with Gasteiger partial charge in [0.1, 0.15) is 5.60 Å². The second-order valence-corrected chi connectivity index (χ2v) is 6.10. The van der Waals surface area contributed by atoms with E-state index in [-0.39, 0.29) is 26.1 Å². The zero-order valence-electron chi connectivity index (χ0n) is 13.2. The summed E-state index contributed by atoms with van der Waals surface area (Å²) in [5.74, 6) is -2.79. The fourth-order valence-corrected chi connectivity index (χ4v) is 1.49. The smallest absolute Gasteiger partial charge is 0.407 e. The van der Waals surface area contributed by atoms with Crippen molar-refractivity contribution in [3.05, 3.63) is 0 Å². The second-order valence-electron chi connectivity index (χ2n) is 6.10. The Kier molecular flexibility index (Phi) is 8.73. The average molecular weight is 311 g/mol. The van der Waals surface area contributed by atoms with Gasteiger partial charge in [-0.2, -0.15) is 0 Å². The first-order valence-electron chi connectivity index (χ1n) is 7.09. The summed E-state index contributed by atoms with van der Waals surface area (Å²) in [6, 6.07) is -0.552. The number of aliphatic hydroxyl groups excluding tert-OH is 1. The van der Waals surface area contributed by atoms with Crippen LogP contribution >= 0.6 is 0 Å². The van der Waals surface area contributed by atoms with E-state index in [1.54, 1.807) is 20.8 Å². The van der Waals surface area contributed by atoms with Crippen molar-refractivity contribution >= 4 is 6.09 Å². The third-order valence-electron chi connectivity index (χ3n) is 2.42. The van der Waals surface area contributed by atoms with E-state index in [4.69, 9.17) is 14.6 Å². The molecular formula is C14H27F2NO4. The molecule has 7 heteroatoms. The fourth-order valence-electron chi connectivity index (χ4n) is 1.49. The molecular weight excluding hydrogens is 284 g/mol. The monoisotopic (exact) mass is 311 g/mol. The predicted octanol–water partition coefficient (Wildman–Crippen LogP) is 2.71. The summed E-state index contributed by atoms with van der Waals surface area (Å²) in [4.78, 5) is 11.7. The van der Waals surface area contributed by atoms with Gasteiger partial charge in [-0.25, -0.2) is 13.6 Å². The Balaban J connectivity index is 4.32. The molecule has 0 fully saturated rings. The number of hydrogen-bond donors (Lipinski definition) is 2. The lowest BCUT2D eigenvalue weighted by Crippen LogP contribution is -2.42. The quantitative estimate of drug-likeness (QED) is 0.643. The molecule has 0 heterocycles. The third kappa shape index (κ3) is 13.8. The topological polar surface area (TPSA) is 67.8 Å². The molecule has 1 amide bonds. The molecule has 0 aliphatic carbocycles. The molecule has 0 saturated heterocycles. The number of carbonyl (C=O) groups is 1. The van der Waals surface area contributed by atoms with Crippen LogP contribution < -0.4 is 5.32 Å². The molecule has 2 N–H and O–H groups in total. The van der Waals surface area contributed by atoms with Crippen LogP contribution in [0.25, 0.3) is 0 Å². The first kappa shape index (κ1) is 20.1. The molecule has 0 aliphatic rings. The summed E-state index contributed by atoms with van der Waals surface area (Å²) in [7, 11) is 0. The average Bonchev–Trinajstić information content (AvgIpc) is 2.27. The van der Waals surface area contributed by atoms with E-state index in [0.717, 1.165) is 6.92 Å². The maximum atomic E-state index is 12.9. The Hall–Kier alpha value is -0.950. The third-order valence-corrected chi connectivity index (χ3v) is 2.42. The fraction of sp³-hybridized carbons (Fsp3) is 0.929. The molecule has 126 valence electrons. The largest absolute Gasteiger partial charge is 0.444 e. The van der Waals surface area contributed by atoms with Crippen LogP contribution in [-0.4, -0.2) is 48.6 Å². The molecule has 0 unspecified atom stereocenters. The highest BCUT2D eigenvalue weighted by Crippen LogP contribution is 2.20. The van der Waals surface area contributed by atoms with Gasteiger partial charge in [-0.15, -0.1) is 0 Å². The Morgan fingerprint density at radius 1 is 1.29 bits per heavy atom. The summed E-state index contributed by atoms with van der Waals surface area (Å²) >= 11 is 0. The van der Waals surface area contributed by atoms with Gasteiger partial charge in [-0.1, -0.05) is 0 Å². The van der Waals surface area contributed by atoms with E-state index in [9.17, 15) is 13.6 Å². The van der Waals surface area contributed by atoms with E-state index in [0.29, 0.717) is 13.0 Å².